The fraction of sp³-hybridized carbons (Fsp3) is 0.625. The van der Waals surface area contributed by atoms with Gasteiger partial charge in [0.05, 0.1) is 5.56 Å². The Labute approximate surface area is 135 Å². The van der Waals surface area contributed by atoms with E-state index in [0.717, 1.165) is 17.3 Å². The third-order valence-electron chi connectivity index (χ3n) is 4.02. The molecule has 3 N–H and O–H groups in total. The molecule has 0 spiro atoms. The maximum Gasteiger partial charge on any atom is 0.255 e. The van der Waals surface area contributed by atoms with Crippen LogP contribution < -0.4 is 11.1 Å². The molecule has 0 aliphatic heterocycles. The number of pyridine rings is 1. The predicted octanol–water partition coefficient (Wildman–Crippen LogP) is 3.76. The summed E-state index contributed by atoms with van der Waals surface area (Å²) in [5.74, 6) is 0.129. The van der Waals surface area contributed by atoms with Crippen molar-refractivity contribution in [1.82, 2.24) is 10.3 Å². The molecule has 1 aromatic rings. The Morgan fingerprint density at radius 2 is 1.90 bits per heavy atom. The van der Waals surface area contributed by atoms with Gasteiger partial charge in [0.25, 0.3) is 5.91 Å². The number of hydrogen-bond donors (Lipinski definition) is 2. The molecule has 0 saturated heterocycles. The summed E-state index contributed by atoms with van der Waals surface area (Å²) in [5, 5.41) is 3.13. The van der Waals surface area contributed by atoms with Gasteiger partial charge in [0.2, 0.25) is 0 Å². The van der Waals surface area contributed by atoms with Crippen LogP contribution in [-0.4, -0.2) is 16.9 Å². The van der Waals surface area contributed by atoms with Crippen LogP contribution in [0, 0.1) is 10.8 Å². The molecule has 1 saturated carbocycles. The lowest BCUT2D eigenvalue weighted by atomic mass is 9.63. The number of nitrogens with zero attached hydrogens (tertiary/aromatic N) is 1. The number of carbonyl (C=O) groups is 1. The highest BCUT2D eigenvalue weighted by Gasteiger charge is 2.39. The second kappa shape index (κ2) is 5.59. The van der Waals surface area contributed by atoms with E-state index in [2.05, 4.69) is 53.9 Å². The summed E-state index contributed by atoms with van der Waals surface area (Å²) in [6, 6.07) is 1.89. The van der Waals surface area contributed by atoms with Gasteiger partial charge in [0.15, 0.2) is 0 Å². The molecule has 1 aromatic heterocycles. The first kappa shape index (κ1) is 16.3. The number of nitrogen functional groups attached to an aromatic ring is 1. The normalized spacial score (nSPS) is 21.0. The van der Waals surface area contributed by atoms with Gasteiger partial charge in [-0.3, -0.25) is 4.79 Å². The molecule has 1 fully saturated rings. The Morgan fingerprint density at radius 1 is 1.33 bits per heavy atom. The molecule has 1 amide bonds. The maximum atomic E-state index is 12.5. The van der Waals surface area contributed by atoms with Crippen LogP contribution >= 0.6 is 15.9 Å². The Bertz CT molecular complexity index is 538. The van der Waals surface area contributed by atoms with E-state index in [0.29, 0.717) is 5.56 Å². The summed E-state index contributed by atoms with van der Waals surface area (Å²) in [5.41, 5.74) is 6.72. The third kappa shape index (κ3) is 4.19. The average Bonchev–Trinajstić information content (AvgIpc) is 2.27. The number of nitrogens with one attached hydrogen (secondary N) is 1. The summed E-state index contributed by atoms with van der Waals surface area (Å²) < 4.78 is 0.756. The Balaban J connectivity index is 2.14. The molecule has 116 valence electrons. The molecular weight excluding hydrogens is 330 g/mol. The van der Waals surface area contributed by atoms with Crippen molar-refractivity contribution in [1.29, 1.82) is 0 Å². The van der Waals surface area contributed by atoms with Crippen LogP contribution in [-0.2, 0) is 0 Å². The summed E-state index contributed by atoms with van der Waals surface area (Å²) in [6.07, 6.45) is 4.75. The summed E-state index contributed by atoms with van der Waals surface area (Å²) >= 11 is 3.33. The highest BCUT2D eigenvalue weighted by atomic mass is 79.9. The van der Waals surface area contributed by atoms with Gasteiger partial charge in [-0.25, -0.2) is 4.98 Å². The molecular formula is C16H24BrN3O. The zero-order chi connectivity index (χ0) is 15.8. The maximum absolute atomic E-state index is 12.5. The van der Waals surface area contributed by atoms with Crippen LogP contribution in [0.2, 0.25) is 0 Å². The van der Waals surface area contributed by atoms with Gasteiger partial charge in [-0.2, -0.15) is 0 Å². The largest absolute Gasteiger partial charge is 0.383 e. The van der Waals surface area contributed by atoms with E-state index in [1.807, 2.05) is 0 Å². The van der Waals surface area contributed by atoms with Gasteiger partial charge in [0, 0.05) is 16.7 Å². The Kier molecular flexibility index (Phi) is 4.34. The fourth-order valence-electron chi connectivity index (χ4n) is 3.84. The zero-order valence-electron chi connectivity index (χ0n) is 13.2. The molecule has 0 bridgehead atoms. The van der Waals surface area contributed by atoms with Crippen LogP contribution in [0.1, 0.15) is 57.3 Å². The van der Waals surface area contributed by atoms with Gasteiger partial charge < -0.3 is 11.1 Å². The van der Waals surface area contributed by atoms with E-state index in [9.17, 15) is 4.79 Å². The number of carbonyl (C=O) groups excluding carboxylic acids is 1. The van der Waals surface area contributed by atoms with E-state index < -0.39 is 0 Å². The lowest BCUT2D eigenvalue weighted by Crippen LogP contribution is -2.46. The van der Waals surface area contributed by atoms with Gasteiger partial charge in [-0.05, 0) is 52.1 Å². The Morgan fingerprint density at radius 3 is 2.48 bits per heavy atom. The lowest BCUT2D eigenvalue weighted by Gasteiger charge is -2.45. The van der Waals surface area contributed by atoms with Crippen molar-refractivity contribution < 1.29 is 4.79 Å². The molecule has 4 nitrogen and oxygen atoms in total. The molecule has 1 aliphatic carbocycles. The van der Waals surface area contributed by atoms with Crippen molar-refractivity contribution >= 4 is 27.7 Å². The number of nitrogens with two attached hydrogens (primary N) is 1. The molecule has 0 atom stereocenters. The van der Waals surface area contributed by atoms with Gasteiger partial charge in [-0.15, -0.1) is 0 Å². The lowest BCUT2D eigenvalue weighted by molar-refractivity contribution is 0.0714. The first-order valence-electron chi connectivity index (χ1n) is 7.30. The van der Waals surface area contributed by atoms with Crippen molar-refractivity contribution in [3.63, 3.8) is 0 Å². The third-order valence-corrected chi connectivity index (χ3v) is 4.45. The SMILES string of the molecule is CC1(C)CC(NC(=O)c2cc(Br)cnc2N)CC(C)(C)C1. The van der Waals surface area contributed by atoms with Crippen LogP contribution in [0.15, 0.2) is 16.7 Å². The monoisotopic (exact) mass is 353 g/mol. The summed E-state index contributed by atoms with van der Waals surface area (Å²) in [4.78, 5) is 16.5. The fourth-order valence-corrected chi connectivity index (χ4v) is 4.17. The van der Waals surface area contributed by atoms with Crippen molar-refractivity contribution in [3.8, 4) is 0 Å². The minimum absolute atomic E-state index is 0.139. The van der Waals surface area contributed by atoms with Crippen molar-refractivity contribution in [2.45, 2.75) is 53.0 Å². The molecule has 5 heteroatoms. The molecule has 21 heavy (non-hydrogen) atoms. The summed E-state index contributed by atoms with van der Waals surface area (Å²) in [6.45, 7) is 9.06. The first-order chi connectivity index (χ1) is 9.58. The smallest absolute Gasteiger partial charge is 0.255 e. The quantitative estimate of drug-likeness (QED) is 0.850. The van der Waals surface area contributed by atoms with Crippen LogP contribution in [0.25, 0.3) is 0 Å². The van der Waals surface area contributed by atoms with E-state index in [1.54, 1.807) is 12.3 Å². The molecule has 0 aromatic carbocycles. The van der Waals surface area contributed by atoms with Crippen LogP contribution in [0.4, 0.5) is 5.82 Å². The summed E-state index contributed by atoms with van der Waals surface area (Å²) in [7, 11) is 0. The number of halogens is 1. The number of aromatic nitrogens is 1. The van der Waals surface area contributed by atoms with E-state index >= 15 is 0 Å². The minimum atomic E-state index is -0.139. The topological polar surface area (TPSA) is 68.0 Å². The number of rotatable bonds is 2. The van der Waals surface area contributed by atoms with Crippen LogP contribution in [0.3, 0.4) is 0 Å². The van der Waals surface area contributed by atoms with Crippen molar-refractivity contribution in [2.24, 2.45) is 10.8 Å². The number of anilines is 1. The second-order valence-electron chi connectivity index (χ2n) is 7.67. The molecule has 0 radical (unpaired) electrons. The van der Waals surface area contributed by atoms with E-state index in [4.69, 9.17) is 5.73 Å². The minimum Gasteiger partial charge on any atom is -0.383 e. The van der Waals surface area contributed by atoms with Gasteiger partial charge in [-0.1, -0.05) is 27.7 Å². The zero-order valence-corrected chi connectivity index (χ0v) is 14.8. The number of hydrogen-bond acceptors (Lipinski definition) is 3. The van der Waals surface area contributed by atoms with Crippen molar-refractivity contribution in [2.75, 3.05) is 5.73 Å². The standard InChI is InChI=1S/C16H24BrN3O/c1-15(2)6-11(7-16(3,4)9-15)20-14(21)12-5-10(17)8-19-13(12)18/h5,8,11H,6-7,9H2,1-4H3,(H2,18,19)(H,20,21). The second-order valence-corrected chi connectivity index (χ2v) is 8.59. The highest BCUT2D eigenvalue weighted by molar-refractivity contribution is 9.10. The molecule has 0 unspecified atom stereocenters. The molecule has 2 rings (SSSR count). The van der Waals surface area contributed by atoms with E-state index in [1.165, 1.54) is 6.42 Å². The Hall–Kier alpha value is -1.10. The average molecular weight is 354 g/mol. The van der Waals surface area contributed by atoms with Crippen molar-refractivity contribution in [3.05, 3.63) is 22.3 Å². The van der Waals surface area contributed by atoms with E-state index in [-0.39, 0.29) is 28.6 Å². The van der Waals surface area contributed by atoms with Gasteiger partial charge in [0.1, 0.15) is 5.82 Å². The first-order valence-corrected chi connectivity index (χ1v) is 8.09. The van der Waals surface area contributed by atoms with Gasteiger partial charge >= 0.3 is 0 Å². The highest BCUT2D eigenvalue weighted by Crippen LogP contribution is 2.45. The molecule has 1 heterocycles. The number of amides is 1. The molecule has 1 aliphatic rings. The van der Waals surface area contributed by atoms with Crippen LogP contribution in [0.5, 0.6) is 0 Å². The predicted molar refractivity (Wildman–Crippen MR) is 89.0 cm³/mol.